The van der Waals surface area contributed by atoms with E-state index in [4.69, 9.17) is 23.5 Å². The lowest BCUT2D eigenvalue weighted by Gasteiger charge is -2.28. The van der Waals surface area contributed by atoms with Gasteiger partial charge in [0.05, 0.1) is 37.5 Å². The van der Waals surface area contributed by atoms with Crippen molar-refractivity contribution in [3.8, 4) is 17.1 Å². The van der Waals surface area contributed by atoms with Crippen molar-refractivity contribution in [2.24, 2.45) is 5.92 Å². The van der Waals surface area contributed by atoms with Crippen molar-refractivity contribution in [1.82, 2.24) is 10.1 Å². The smallest absolute Gasteiger partial charge is 0.410 e. The minimum atomic E-state index is -0.331. The molecule has 4 rings (SSSR count). The fraction of sp³-hybridized carbons (Fsp3) is 0.560. The fourth-order valence-electron chi connectivity index (χ4n) is 4.55. The highest BCUT2D eigenvalue weighted by molar-refractivity contribution is 5.72. The van der Waals surface area contributed by atoms with Crippen molar-refractivity contribution in [3.63, 3.8) is 0 Å². The summed E-state index contributed by atoms with van der Waals surface area (Å²) in [4.78, 5) is 26.0. The van der Waals surface area contributed by atoms with Crippen LogP contribution in [-0.4, -0.2) is 61.6 Å². The van der Waals surface area contributed by atoms with Gasteiger partial charge >= 0.3 is 12.1 Å². The van der Waals surface area contributed by atoms with Gasteiger partial charge in [0, 0.05) is 25.1 Å². The Morgan fingerprint density at radius 3 is 2.59 bits per heavy atom. The summed E-state index contributed by atoms with van der Waals surface area (Å²) in [5, 5.41) is 4.07. The summed E-state index contributed by atoms with van der Waals surface area (Å²) in [6, 6.07) is 7.65. The monoisotopic (exact) mass is 472 g/mol. The number of rotatable bonds is 7. The number of aryl methyl sites for hydroxylation is 1. The van der Waals surface area contributed by atoms with E-state index in [0.717, 1.165) is 36.8 Å². The Hall–Kier alpha value is -3.07. The quantitative estimate of drug-likeness (QED) is 0.555. The molecule has 1 aromatic carbocycles. The Labute approximate surface area is 199 Å². The molecule has 2 aromatic rings. The molecule has 1 aromatic heterocycles. The van der Waals surface area contributed by atoms with Crippen LogP contribution in [0, 0.1) is 12.8 Å². The second kappa shape index (κ2) is 10.9. The number of nitrogens with zero attached hydrogens (tertiary/aromatic N) is 2. The van der Waals surface area contributed by atoms with Gasteiger partial charge in [0.25, 0.3) is 0 Å². The van der Waals surface area contributed by atoms with Crippen molar-refractivity contribution >= 4 is 12.1 Å². The van der Waals surface area contributed by atoms with E-state index in [9.17, 15) is 9.59 Å². The summed E-state index contributed by atoms with van der Waals surface area (Å²) in [6.07, 6.45) is 4.32. The average molecular weight is 473 g/mol. The molecule has 184 valence electrons. The van der Waals surface area contributed by atoms with E-state index < -0.39 is 0 Å². The summed E-state index contributed by atoms with van der Waals surface area (Å²) in [6.45, 7) is 2.68. The molecule has 0 spiro atoms. The molecule has 2 atom stereocenters. The number of carbonyl (C=O) groups is 2. The van der Waals surface area contributed by atoms with Crippen LogP contribution in [0.25, 0.3) is 11.3 Å². The van der Waals surface area contributed by atoms with E-state index in [1.165, 1.54) is 7.11 Å². The first-order valence-electron chi connectivity index (χ1n) is 11.7. The Balaban J connectivity index is 1.37. The van der Waals surface area contributed by atoms with Gasteiger partial charge in [0.1, 0.15) is 18.5 Å². The Morgan fingerprint density at radius 2 is 1.88 bits per heavy atom. The predicted molar refractivity (Wildman–Crippen MR) is 122 cm³/mol. The molecule has 2 aliphatic rings. The third kappa shape index (κ3) is 5.52. The summed E-state index contributed by atoms with van der Waals surface area (Å²) in [5.41, 5.74) is 2.22. The highest BCUT2D eigenvalue weighted by Gasteiger charge is 2.30. The normalized spacial score (nSPS) is 20.7. The summed E-state index contributed by atoms with van der Waals surface area (Å²) in [7, 11) is 3.17. The van der Waals surface area contributed by atoms with E-state index in [1.54, 1.807) is 11.9 Å². The van der Waals surface area contributed by atoms with E-state index in [-0.39, 0.29) is 36.7 Å². The van der Waals surface area contributed by atoms with E-state index in [1.807, 2.05) is 31.2 Å². The van der Waals surface area contributed by atoms with Crippen molar-refractivity contribution < 1.29 is 33.1 Å². The molecule has 0 bridgehead atoms. The topological polar surface area (TPSA) is 100 Å². The zero-order valence-electron chi connectivity index (χ0n) is 20.0. The van der Waals surface area contributed by atoms with Gasteiger partial charge in [-0.2, -0.15) is 0 Å². The highest BCUT2D eigenvalue weighted by atomic mass is 16.6. The molecular weight excluding hydrogens is 440 g/mol. The zero-order valence-corrected chi connectivity index (χ0v) is 20.0. The van der Waals surface area contributed by atoms with E-state index >= 15 is 0 Å². The molecular formula is C25H32N2O7. The average Bonchev–Trinajstić information content (AvgIpc) is 3.52. The molecule has 1 aliphatic heterocycles. The van der Waals surface area contributed by atoms with Crippen LogP contribution in [0.5, 0.6) is 5.75 Å². The maximum absolute atomic E-state index is 12.5. The molecule has 0 N–H and O–H groups in total. The van der Waals surface area contributed by atoms with Crippen LogP contribution >= 0.6 is 0 Å². The third-order valence-corrected chi connectivity index (χ3v) is 6.61. The molecule has 1 saturated heterocycles. The van der Waals surface area contributed by atoms with Crippen LogP contribution in [0.15, 0.2) is 28.8 Å². The molecule has 1 aliphatic carbocycles. The summed E-state index contributed by atoms with van der Waals surface area (Å²) in [5.74, 6) is 0.613. The maximum Gasteiger partial charge on any atom is 0.410 e. The largest absolute Gasteiger partial charge is 0.488 e. The molecule has 0 unspecified atom stereocenters. The Bertz CT molecular complexity index is 982. The first kappa shape index (κ1) is 24.1. The molecule has 34 heavy (non-hydrogen) atoms. The standard InChI is InChI=1S/C25H32N2O7/c1-16-22(15-32-25(29)27(2)19-6-4-5-7-19)23(34-26-16)17-8-10-20(11-9-17)33-21-12-18(13-31-14-21)24(28)30-3/h8-11,18-19,21H,4-7,12-15H2,1-3H3/t18-,21+/m0/s1. The number of esters is 1. The van der Waals surface area contributed by atoms with E-state index in [0.29, 0.717) is 36.8 Å². The molecule has 9 heteroatoms. The molecule has 1 saturated carbocycles. The third-order valence-electron chi connectivity index (χ3n) is 6.61. The Kier molecular flexibility index (Phi) is 7.72. The lowest BCUT2D eigenvalue weighted by atomic mass is 10.0. The molecule has 2 fully saturated rings. The zero-order chi connectivity index (χ0) is 24.1. The highest BCUT2D eigenvalue weighted by Crippen LogP contribution is 2.30. The van der Waals surface area contributed by atoms with Gasteiger partial charge in [-0.3, -0.25) is 4.79 Å². The second-order valence-electron chi connectivity index (χ2n) is 8.94. The van der Waals surface area contributed by atoms with Crippen LogP contribution in [-0.2, 0) is 25.6 Å². The van der Waals surface area contributed by atoms with Gasteiger partial charge in [-0.05, 0) is 44.0 Å². The minimum Gasteiger partial charge on any atom is -0.488 e. The minimum absolute atomic E-state index is 0.0904. The number of hydrogen-bond donors (Lipinski definition) is 0. The lowest BCUT2D eigenvalue weighted by Crippen LogP contribution is -2.37. The first-order valence-corrected chi connectivity index (χ1v) is 11.7. The number of benzene rings is 1. The van der Waals surface area contributed by atoms with Gasteiger partial charge in [0.15, 0.2) is 5.76 Å². The lowest BCUT2D eigenvalue weighted by molar-refractivity contribution is -0.152. The summed E-state index contributed by atoms with van der Waals surface area (Å²) >= 11 is 0. The van der Waals surface area contributed by atoms with Crippen molar-refractivity contribution in [3.05, 3.63) is 35.5 Å². The van der Waals surface area contributed by atoms with Crippen molar-refractivity contribution in [1.29, 1.82) is 0 Å². The number of carbonyl (C=O) groups excluding carboxylic acids is 2. The van der Waals surface area contributed by atoms with Crippen molar-refractivity contribution in [2.45, 2.75) is 57.8 Å². The summed E-state index contributed by atoms with van der Waals surface area (Å²) < 4.78 is 27.5. The predicted octanol–water partition coefficient (Wildman–Crippen LogP) is 4.12. The number of amides is 1. The van der Waals surface area contributed by atoms with E-state index in [2.05, 4.69) is 5.16 Å². The number of ether oxygens (including phenoxy) is 4. The fourth-order valence-corrected chi connectivity index (χ4v) is 4.55. The van der Waals surface area contributed by atoms with Crippen LogP contribution in [0.4, 0.5) is 4.79 Å². The maximum atomic E-state index is 12.5. The number of hydrogen-bond acceptors (Lipinski definition) is 8. The SMILES string of the molecule is COC(=O)[C@@H]1COC[C@H](Oc2ccc(-c3onc(C)c3COC(=O)N(C)C3CCCC3)cc2)C1. The molecule has 1 amide bonds. The molecule has 2 heterocycles. The van der Waals surface area contributed by atoms with Gasteiger partial charge in [-0.25, -0.2) is 4.79 Å². The van der Waals surface area contributed by atoms with Gasteiger partial charge in [-0.1, -0.05) is 18.0 Å². The number of aromatic nitrogens is 1. The van der Waals surface area contributed by atoms with Crippen molar-refractivity contribution in [2.75, 3.05) is 27.4 Å². The van der Waals surface area contributed by atoms with Gasteiger partial charge in [0.2, 0.25) is 0 Å². The van der Waals surface area contributed by atoms with Crippen LogP contribution in [0.3, 0.4) is 0 Å². The number of methoxy groups -OCH3 is 1. The molecule has 0 radical (unpaired) electrons. The second-order valence-corrected chi connectivity index (χ2v) is 8.94. The van der Waals surface area contributed by atoms with Crippen LogP contribution < -0.4 is 4.74 Å². The first-order chi connectivity index (χ1) is 16.5. The Morgan fingerprint density at radius 1 is 1.15 bits per heavy atom. The van der Waals surface area contributed by atoms with Crippen LogP contribution in [0.2, 0.25) is 0 Å². The molecule has 9 nitrogen and oxygen atoms in total. The van der Waals surface area contributed by atoms with Gasteiger partial charge in [-0.15, -0.1) is 0 Å². The van der Waals surface area contributed by atoms with Crippen LogP contribution in [0.1, 0.15) is 43.4 Å². The van der Waals surface area contributed by atoms with Gasteiger partial charge < -0.3 is 28.4 Å².